The van der Waals surface area contributed by atoms with Crippen molar-refractivity contribution in [3.05, 3.63) is 41.6 Å². The van der Waals surface area contributed by atoms with E-state index in [9.17, 15) is 0 Å². The quantitative estimate of drug-likeness (QED) is 0.206. The van der Waals surface area contributed by atoms with Gasteiger partial charge in [0.05, 0.1) is 0 Å². The van der Waals surface area contributed by atoms with Crippen LogP contribution in [-0.4, -0.2) is 85.4 Å². The lowest BCUT2D eigenvalue weighted by Crippen LogP contribution is -2.16. The zero-order chi connectivity index (χ0) is 26.5. The number of aryl methyl sites for hydroxylation is 1. The Bertz CT molecular complexity index is 969. The molecule has 37 heavy (non-hydrogen) atoms. The monoisotopic (exact) mass is 527 g/mol. The number of carboxylic acid groups (broad SMARTS) is 4. The highest BCUT2D eigenvalue weighted by Crippen LogP contribution is 2.31. The first-order valence-corrected chi connectivity index (χ1v) is 11.1. The molecule has 0 saturated carbocycles. The average Bonchev–Trinajstić information content (AvgIpc) is 2.96. The van der Waals surface area contributed by atoms with Gasteiger partial charge in [-0.15, -0.1) is 0 Å². The molecule has 0 unspecified atom stereocenters. The van der Waals surface area contributed by atoms with E-state index in [1.54, 1.807) is 11.3 Å². The number of anilines is 1. The minimum Gasteiger partial charge on any atom is -0.473 e. The normalized spacial score (nSPS) is 11.5. The zero-order valence-electron chi connectivity index (χ0n) is 20.9. The number of hydrogen-bond acceptors (Lipinski definition) is 6. The second kappa shape index (κ2) is 17.5. The van der Waals surface area contributed by atoms with Gasteiger partial charge in [-0.2, -0.15) is 0 Å². The van der Waals surface area contributed by atoms with E-state index in [0.29, 0.717) is 0 Å². The Labute approximate surface area is 214 Å². The maximum atomic E-state index is 9.10. The number of rotatable bonds is 5. The molecule has 0 bridgehead atoms. The maximum Gasteiger partial charge on any atom is 0.414 e. The van der Waals surface area contributed by atoms with Gasteiger partial charge in [-0.05, 0) is 82.1 Å². The van der Waals surface area contributed by atoms with Crippen molar-refractivity contribution in [3.63, 3.8) is 0 Å². The third-order valence-electron chi connectivity index (χ3n) is 5.22. The molecule has 10 N–H and O–H groups in total. The minimum atomic E-state index is -1.82. The van der Waals surface area contributed by atoms with Crippen molar-refractivity contribution in [3.8, 4) is 11.3 Å². The molecule has 1 aromatic carbocycles. The fourth-order valence-electron chi connectivity index (χ4n) is 3.64. The number of nitrogens with two attached hydrogens (primary N) is 1. The smallest absolute Gasteiger partial charge is 0.414 e. The number of carboxylic acids is 4. The summed E-state index contributed by atoms with van der Waals surface area (Å²) < 4.78 is 2.58. The molecule has 13 heteroatoms. The van der Waals surface area contributed by atoms with Crippen LogP contribution in [0.25, 0.3) is 11.3 Å². The molecule has 1 heterocycles. The number of nitrogen functional groups attached to an aromatic ring is 1. The van der Waals surface area contributed by atoms with Gasteiger partial charge in [0.25, 0.3) is 0 Å². The second-order valence-electron chi connectivity index (χ2n) is 8.21. The molecule has 0 fully saturated rings. The third kappa shape index (κ3) is 12.5. The number of benzene rings is 1. The fraction of sp³-hybridized carbons (Fsp3) is 0.417. The van der Waals surface area contributed by atoms with Crippen molar-refractivity contribution < 1.29 is 50.6 Å². The molecule has 0 atom stereocenters. The van der Waals surface area contributed by atoms with Crippen LogP contribution in [-0.2, 0) is 38.6 Å². The van der Waals surface area contributed by atoms with Gasteiger partial charge in [-0.25, -0.2) is 19.2 Å². The first kappa shape index (κ1) is 35.2. The van der Waals surface area contributed by atoms with Crippen molar-refractivity contribution in [2.24, 2.45) is 0 Å². The highest BCUT2D eigenvalue weighted by Gasteiger charge is 2.18. The molecular formula is C24H37N3O10. The summed E-state index contributed by atoms with van der Waals surface area (Å²) in [6.45, 7) is 2.24. The van der Waals surface area contributed by atoms with Gasteiger partial charge in [0.1, 0.15) is 0 Å². The van der Waals surface area contributed by atoms with Crippen molar-refractivity contribution in [1.29, 1.82) is 0 Å². The number of fused-ring (bicyclic) bond motifs is 1. The predicted molar refractivity (Wildman–Crippen MR) is 136 cm³/mol. The van der Waals surface area contributed by atoms with Gasteiger partial charge in [-0.3, -0.25) is 0 Å². The molecule has 3 rings (SSSR count). The van der Waals surface area contributed by atoms with Gasteiger partial charge >= 0.3 is 23.9 Å². The number of nitrogens with zero attached hydrogens (tertiary/aromatic N) is 2. The third-order valence-corrected chi connectivity index (χ3v) is 5.22. The summed E-state index contributed by atoms with van der Waals surface area (Å²) in [6.07, 6.45) is 7.67. The van der Waals surface area contributed by atoms with Crippen LogP contribution in [0, 0.1) is 0 Å². The Kier molecular flexibility index (Phi) is 16.6. The van der Waals surface area contributed by atoms with Crippen LogP contribution >= 0.6 is 0 Å². The summed E-state index contributed by atoms with van der Waals surface area (Å²) in [7, 11) is 4.30. The Morgan fingerprint density at radius 2 is 1.32 bits per heavy atom. The van der Waals surface area contributed by atoms with E-state index in [4.69, 9.17) is 45.3 Å². The molecule has 2 aromatic rings. The van der Waals surface area contributed by atoms with Crippen molar-refractivity contribution in [2.75, 3.05) is 26.4 Å². The van der Waals surface area contributed by atoms with E-state index in [1.165, 1.54) is 49.8 Å². The Morgan fingerprint density at radius 1 is 0.838 bits per heavy atom. The lowest BCUT2D eigenvalue weighted by molar-refractivity contribution is -0.159. The van der Waals surface area contributed by atoms with Crippen LogP contribution < -0.4 is 5.73 Å². The van der Waals surface area contributed by atoms with Gasteiger partial charge in [-0.1, -0.05) is 18.6 Å². The van der Waals surface area contributed by atoms with Crippen molar-refractivity contribution in [2.45, 2.75) is 45.1 Å². The summed E-state index contributed by atoms with van der Waals surface area (Å²) in [5.74, 6) is -7.30. The van der Waals surface area contributed by atoms with Crippen LogP contribution in [0.5, 0.6) is 0 Å². The molecule has 0 saturated heterocycles. The van der Waals surface area contributed by atoms with Crippen molar-refractivity contribution in [1.82, 2.24) is 9.47 Å². The molecule has 13 nitrogen and oxygen atoms in total. The van der Waals surface area contributed by atoms with E-state index >= 15 is 0 Å². The first-order valence-electron chi connectivity index (χ1n) is 11.1. The average molecular weight is 528 g/mol. The standard InChI is InChI=1S/C20H29N3.2C2H2O4.2H2O/c1-22(2)13-6-14-23-19-8-5-3-4-7-17(19)15-20(23)16-9-11-18(21)12-10-16;2*3-1(4)2(5)6;;/h9-12,15H,3-8,13-14,21H2,1-2H3;2*(H,3,4)(H,5,6);2*1H2. The topological polar surface area (TPSA) is 246 Å². The molecule has 0 radical (unpaired) electrons. The maximum absolute atomic E-state index is 9.10. The summed E-state index contributed by atoms with van der Waals surface area (Å²) in [4.78, 5) is 38.7. The number of aliphatic carboxylic acids is 4. The number of hydrogen-bond donors (Lipinski definition) is 5. The molecule has 1 aliphatic carbocycles. The summed E-state index contributed by atoms with van der Waals surface area (Å²) in [6, 6.07) is 10.8. The van der Waals surface area contributed by atoms with Crippen LogP contribution in [0.15, 0.2) is 30.3 Å². The van der Waals surface area contributed by atoms with Crippen LogP contribution in [0.3, 0.4) is 0 Å². The Balaban J connectivity index is 0. The zero-order valence-corrected chi connectivity index (χ0v) is 20.9. The predicted octanol–water partition coefficient (Wildman–Crippen LogP) is 0.620. The lowest BCUT2D eigenvalue weighted by Gasteiger charge is -2.16. The van der Waals surface area contributed by atoms with Gasteiger partial charge in [0.15, 0.2) is 0 Å². The van der Waals surface area contributed by atoms with Crippen LogP contribution in [0.4, 0.5) is 5.69 Å². The van der Waals surface area contributed by atoms with Crippen LogP contribution in [0.2, 0.25) is 0 Å². The molecule has 0 amide bonds. The fourth-order valence-corrected chi connectivity index (χ4v) is 3.64. The van der Waals surface area contributed by atoms with Crippen LogP contribution in [0.1, 0.15) is 36.9 Å². The van der Waals surface area contributed by atoms with E-state index in [1.807, 2.05) is 12.1 Å². The molecule has 208 valence electrons. The second-order valence-corrected chi connectivity index (χ2v) is 8.21. The highest BCUT2D eigenvalue weighted by molar-refractivity contribution is 6.27. The minimum absolute atomic E-state index is 0. The molecule has 0 aliphatic heterocycles. The summed E-state index contributed by atoms with van der Waals surface area (Å²) in [5.41, 5.74) is 12.5. The van der Waals surface area contributed by atoms with Gasteiger partial charge in [0, 0.05) is 23.6 Å². The summed E-state index contributed by atoms with van der Waals surface area (Å²) in [5, 5.41) is 29.6. The van der Waals surface area contributed by atoms with Crippen molar-refractivity contribution >= 4 is 29.6 Å². The van der Waals surface area contributed by atoms with Gasteiger partial charge in [0.2, 0.25) is 0 Å². The molecular weight excluding hydrogens is 490 g/mol. The number of carbonyl (C=O) groups is 4. The highest BCUT2D eigenvalue weighted by atomic mass is 16.4. The van der Waals surface area contributed by atoms with E-state index < -0.39 is 23.9 Å². The van der Waals surface area contributed by atoms with E-state index in [0.717, 1.165) is 18.8 Å². The largest absolute Gasteiger partial charge is 0.473 e. The molecule has 1 aliphatic rings. The van der Waals surface area contributed by atoms with E-state index in [2.05, 4.69) is 41.8 Å². The number of aromatic nitrogens is 1. The van der Waals surface area contributed by atoms with Gasteiger partial charge < -0.3 is 46.6 Å². The Hall–Kier alpha value is -3.94. The first-order chi connectivity index (χ1) is 16.4. The SMILES string of the molecule is CN(C)CCCn1c(-c2ccc(N)cc2)cc2c1CCCCC2.O.O.O=C(O)C(=O)O.O=C(O)C(=O)O. The van der Waals surface area contributed by atoms with E-state index in [-0.39, 0.29) is 11.0 Å². The lowest BCUT2D eigenvalue weighted by atomic mass is 10.1. The molecule has 1 aromatic heterocycles. The molecule has 0 spiro atoms. The Morgan fingerprint density at radius 3 is 1.78 bits per heavy atom. The summed E-state index contributed by atoms with van der Waals surface area (Å²) >= 11 is 0.